The Morgan fingerprint density at radius 2 is 2.05 bits per heavy atom. The Morgan fingerprint density at radius 3 is 2.57 bits per heavy atom. The Balaban J connectivity index is 2.25. The van der Waals surface area contributed by atoms with Crippen molar-refractivity contribution in [3.8, 4) is 0 Å². The molecule has 0 aliphatic carbocycles. The predicted molar refractivity (Wildman–Crippen MR) is 80.2 cm³/mol. The van der Waals surface area contributed by atoms with Crippen molar-refractivity contribution in [2.45, 2.75) is 26.4 Å². The number of anilines is 1. The van der Waals surface area contributed by atoms with E-state index in [4.69, 9.17) is 28.9 Å². The first-order valence-electron chi connectivity index (χ1n) is 6.23. The van der Waals surface area contributed by atoms with E-state index in [9.17, 15) is 4.79 Å². The summed E-state index contributed by atoms with van der Waals surface area (Å²) in [5.74, 6) is -0.380. The van der Waals surface area contributed by atoms with Gasteiger partial charge in [-0.2, -0.15) is 0 Å². The van der Waals surface area contributed by atoms with Gasteiger partial charge in [-0.1, -0.05) is 29.3 Å². The lowest BCUT2D eigenvalue weighted by Gasteiger charge is -2.26. The third-order valence-corrected chi connectivity index (χ3v) is 3.68. The first kappa shape index (κ1) is 15.6. The van der Waals surface area contributed by atoms with E-state index in [-0.39, 0.29) is 23.5 Å². The molecule has 2 rings (SSSR count). The molecule has 8 heteroatoms. The van der Waals surface area contributed by atoms with E-state index in [1.807, 2.05) is 13.8 Å². The summed E-state index contributed by atoms with van der Waals surface area (Å²) in [4.78, 5) is 14.0. The predicted octanol–water partition coefficient (Wildman–Crippen LogP) is 3.01. The Morgan fingerprint density at radius 1 is 1.33 bits per heavy atom. The molecule has 1 heterocycles. The molecule has 21 heavy (non-hydrogen) atoms. The van der Waals surface area contributed by atoms with Gasteiger partial charge in [-0.15, -0.1) is 0 Å². The van der Waals surface area contributed by atoms with Gasteiger partial charge in [0, 0.05) is 12.6 Å². The average Bonchev–Trinajstić information content (AvgIpc) is 2.85. The number of benzene rings is 1. The number of hydrogen-bond donors (Lipinski definition) is 1. The van der Waals surface area contributed by atoms with Gasteiger partial charge in [0.25, 0.3) is 5.91 Å². The minimum atomic E-state index is -0.352. The highest BCUT2D eigenvalue weighted by Gasteiger charge is 2.25. The lowest BCUT2D eigenvalue weighted by molar-refractivity contribution is 0.0679. The SMILES string of the molecule is CC(C)N(Cc1ccc(Cl)c(Cl)c1)C(=O)c1nonc1N. The zero-order valence-corrected chi connectivity index (χ0v) is 13.0. The molecular formula is C13H14Cl2N4O2. The van der Waals surface area contributed by atoms with Gasteiger partial charge in [0.2, 0.25) is 11.5 Å². The van der Waals surface area contributed by atoms with E-state index < -0.39 is 0 Å². The monoisotopic (exact) mass is 328 g/mol. The van der Waals surface area contributed by atoms with Crippen LogP contribution >= 0.6 is 23.2 Å². The largest absolute Gasteiger partial charge is 0.379 e. The number of nitrogen functional groups attached to an aromatic ring is 1. The highest BCUT2D eigenvalue weighted by molar-refractivity contribution is 6.42. The Labute approximate surface area is 131 Å². The molecule has 0 saturated carbocycles. The van der Waals surface area contributed by atoms with Crippen LogP contribution in [0.25, 0.3) is 0 Å². The van der Waals surface area contributed by atoms with Gasteiger partial charge in [0.05, 0.1) is 10.0 Å². The third kappa shape index (κ3) is 3.46. The fraction of sp³-hybridized carbons (Fsp3) is 0.308. The number of carbonyl (C=O) groups is 1. The first-order valence-corrected chi connectivity index (χ1v) is 6.98. The number of nitrogens with two attached hydrogens (primary N) is 1. The molecule has 2 N–H and O–H groups in total. The van der Waals surface area contributed by atoms with Crippen LogP contribution in [0.1, 0.15) is 29.9 Å². The number of amides is 1. The number of carbonyl (C=O) groups excluding carboxylic acids is 1. The summed E-state index contributed by atoms with van der Waals surface area (Å²) in [6.07, 6.45) is 0. The lowest BCUT2D eigenvalue weighted by Crippen LogP contribution is -2.37. The molecule has 0 aliphatic rings. The maximum absolute atomic E-state index is 12.4. The second-order valence-corrected chi connectivity index (χ2v) is 5.59. The van der Waals surface area contributed by atoms with E-state index in [2.05, 4.69) is 14.9 Å². The molecule has 1 amide bonds. The van der Waals surface area contributed by atoms with Crippen molar-refractivity contribution in [1.29, 1.82) is 0 Å². The van der Waals surface area contributed by atoms with E-state index in [1.165, 1.54) is 0 Å². The molecule has 0 fully saturated rings. The summed E-state index contributed by atoms with van der Waals surface area (Å²) in [5, 5.41) is 7.86. The molecule has 0 radical (unpaired) electrons. The van der Waals surface area contributed by atoms with Crippen molar-refractivity contribution >= 4 is 34.9 Å². The molecule has 1 aromatic heterocycles. The maximum atomic E-state index is 12.4. The summed E-state index contributed by atoms with van der Waals surface area (Å²) in [7, 11) is 0. The fourth-order valence-corrected chi connectivity index (χ4v) is 2.12. The third-order valence-electron chi connectivity index (χ3n) is 2.94. The van der Waals surface area contributed by atoms with Gasteiger partial charge >= 0.3 is 0 Å². The highest BCUT2D eigenvalue weighted by Crippen LogP contribution is 2.24. The maximum Gasteiger partial charge on any atom is 0.280 e. The van der Waals surface area contributed by atoms with Crippen LogP contribution in [0.3, 0.4) is 0 Å². The van der Waals surface area contributed by atoms with Crippen LogP contribution < -0.4 is 5.73 Å². The number of rotatable bonds is 4. The summed E-state index contributed by atoms with van der Waals surface area (Å²) < 4.78 is 4.47. The molecule has 0 unspecified atom stereocenters. The van der Waals surface area contributed by atoms with E-state index in [1.54, 1.807) is 23.1 Å². The molecular weight excluding hydrogens is 315 g/mol. The van der Waals surface area contributed by atoms with Crippen molar-refractivity contribution < 1.29 is 9.42 Å². The molecule has 6 nitrogen and oxygen atoms in total. The van der Waals surface area contributed by atoms with Gasteiger partial charge in [0.15, 0.2) is 0 Å². The van der Waals surface area contributed by atoms with Crippen molar-refractivity contribution in [2.24, 2.45) is 0 Å². The molecule has 0 saturated heterocycles. The van der Waals surface area contributed by atoms with Crippen molar-refractivity contribution in [3.05, 3.63) is 39.5 Å². The van der Waals surface area contributed by atoms with Crippen LogP contribution in [0.15, 0.2) is 22.8 Å². The number of aromatic nitrogens is 2. The standard InChI is InChI=1S/C13H14Cl2N4O2/c1-7(2)19(13(20)11-12(16)18-21-17-11)6-8-3-4-9(14)10(15)5-8/h3-5,7H,6H2,1-2H3,(H2,16,18). The summed E-state index contributed by atoms with van der Waals surface area (Å²) in [6, 6.07) is 5.15. The second kappa shape index (κ2) is 6.32. The molecule has 112 valence electrons. The van der Waals surface area contributed by atoms with Crippen molar-refractivity contribution in [3.63, 3.8) is 0 Å². The number of hydrogen-bond acceptors (Lipinski definition) is 5. The smallest absolute Gasteiger partial charge is 0.280 e. The Kier molecular flexibility index (Phi) is 4.69. The normalized spacial score (nSPS) is 10.9. The molecule has 0 bridgehead atoms. The quantitative estimate of drug-likeness (QED) is 0.932. The molecule has 2 aromatic rings. The van der Waals surface area contributed by atoms with Gasteiger partial charge in [0.1, 0.15) is 0 Å². The second-order valence-electron chi connectivity index (χ2n) is 4.77. The molecule has 0 aliphatic heterocycles. The summed E-state index contributed by atoms with van der Waals surface area (Å²) >= 11 is 11.9. The summed E-state index contributed by atoms with van der Waals surface area (Å²) in [6.45, 7) is 4.12. The van der Waals surface area contributed by atoms with Gasteiger partial charge < -0.3 is 10.6 Å². The van der Waals surface area contributed by atoms with Crippen LogP contribution in [0.5, 0.6) is 0 Å². The van der Waals surface area contributed by atoms with E-state index in [0.29, 0.717) is 16.6 Å². The first-order chi connectivity index (χ1) is 9.90. The Bertz CT molecular complexity index is 657. The average molecular weight is 329 g/mol. The topological polar surface area (TPSA) is 85.2 Å². The Hall–Kier alpha value is -1.79. The molecule has 1 aromatic carbocycles. The van der Waals surface area contributed by atoms with E-state index >= 15 is 0 Å². The number of nitrogens with zero attached hydrogens (tertiary/aromatic N) is 3. The van der Waals surface area contributed by atoms with Crippen LogP contribution in [0, 0.1) is 0 Å². The zero-order chi connectivity index (χ0) is 15.6. The van der Waals surface area contributed by atoms with Crippen LogP contribution in [0.2, 0.25) is 10.0 Å². The lowest BCUT2D eigenvalue weighted by atomic mass is 10.1. The zero-order valence-electron chi connectivity index (χ0n) is 11.5. The van der Waals surface area contributed by atoms with Crippen LogP contribution in [-0.2, 0) is 6.54 Å². The van der Waals surface area contributed by atoms with Gasteiger partial charge in [-0.25, -0.2) is 4.63 Å². The molecule has 0 spiro atoms. The highest BCUT2D eigenvalue weighted by atomic mass is 35.5. The fourth-order valence-electron chi connectivity index (χ4n) is 1.80. The minimum Gasteiger partial charge on any atom is -0.379 e. The number of halogens is 2. The van der Waals surface area contributed by atoms with Crippen molar-refractivity contribution in [2.75, 3.05) is 5.73 Å². The summed E-state index contributed by atoms with van der Waals surface area (Å²) in [5.41, 5.74) is 6.42. The van der Waals surface area contributed by atoms with Gasteiger partial charge in [-0.05, 0) is 41.9 Å². The van der Waals surface area contributed by atoms with E-state index in [0.717, 1.165) is 5.56 Å². The van der Waals surface area contributed by atoms with Crippen molar-refractivity contribution in [1.82, 2.24) is 15.2 Å². The molecule has 0 atom stereocenters. The van der Waals surface area contributed by atoms with Crippen LogP contribution in [0.4, 0.5) is 5.82 Å². The van der Waals surface area contributed by atoms with Gasteiger partial charge in [-0.3, -0.25) is 4.79 Å². The minimum absolute atomic E-state index is 0.00348. The van der Waals surface area contributed by atoms with Crippen LogP contribution in [-0.4, -0.2) is 27.2 Å².